The number of hydrogen-bond donors (Lipinski definition) is 4. The Morgan fingerprint density at radius 3 is 2.02 bits per heavy atom. The van der Waals surface area contributed by atoms with Crippen molar-refractivity contribution >= 4 is 6.03 Å². The molecule has 8 heteroatoms. The van der Waals surface area contributed by atoms with Crippen molar-refractivity contribution in [3.05, 3.63) is 61.5 Å². The van der Waals surface area contributed by atoms with Gasteiger partial charge < -0.3 is 36.1 Å². The molecular weight excluding hydrogens is 586 g/mol. The lowest BCUT2D eigenvalue weighted by Crippen LogP contribution is -2.57. The van der Waals surface area contributed by atoms with Gasteiger partial charge in [-0.2, -0.15) is 0 Å². The summed E-state index contributed by atoms with van der Waals surface area (Å²) in [5, 5.41) is 10.3. The normalized spacial score (nSPS) is 20.0. The molecule has 0 aromatic heterocycles. The topological polar surface area (TPSA) is 101 Å². The number of rotatable bonds is 18. The Hall–Kier alpha value is -3.03. The second-order valence-corrected chi connectivity index (χ2v) is 15.4. The predicted molar refractivity (Wildman–Crippen MR) is 199 cm³/mol. The van der Waals surface area contributed by atoms with Gasteiger partial charge in [0.25, 0.3) is 5.95 Å². The number of ether oxygens (including phenoxy) is 2. The summed E-state index contributed by atoms with van der Waals surface area (Å²) in [4.78, 5) is 16.0. The Balaban J connectivity index is 0.00000541. The summed E-state index contributed by atoms with van der Waals surface area (Å²) in [6, 6.07) is -0.763. The van der Waals surface area contributed by atoms with E-state index in [1.54, 1.807) is 0 Å². The van der Waals surface area contributed by atoms with Crippen LogP contribution in [-0.4, -0.2) is 55.4 Å². The van der Waals surface area contributed by atoms with Gasteiger partial charge in [0.05, 0.1) is 31.3 Å². The lowest BCUT2D eigenvalue weighted by molar-refractivity contribution is 0.0363. The van der Waals surface area contributed by atoms with Crippen LogP contribution in [0.25, 0.3) is 0 Å². The Kier molecular flexibility index (Phi) is 16.5. The van der Waals surface area contributed by atoms with Crippen molar-refractivity contribution < 1.29 is 14.3 Å². The number of nitrogens with zero attached hydrogens (tertiary/aromatic N) is 1. The van der Waals surface area contributed by atoms with E-state index in [0.717, 1.165) is 62.0 Å². The van der Waals surface area contributed by atoms with Crippen molar-refractivity contribution in [2.75, 3.05) is 20.3 Å². The number of likely N-dealkylation sites (tertiary alicyclic amines) is 1. The van der Waals surface area contributed by atoms with Crippen molar-refractivity contribution in [2.24, 2.45) is 34.3 Å². The zero-order valence-corrected chi connectivity index (χ0v) is 32.0. The molecule has 8 nitrogen and oxygen atoms in total. The molecule has 1 aliphatic heterocycles. The van der Waals surface area contributed by atoms with Crippen LogP contribution in [0, 0.1) is 28.6 Å². The number of nitrogens with one attached hydrogen (secondary N) is 3. The molecule has 2 aliphatic rings. The third-order valence-corrected chi connectivity index (χ3v) is 10.1. The first-order chi connectivity index (χ1) is 21.8. The maximum atomic E-state index is 13.7. The average molecular weight is 658 g/mol. The number of carbonyl (C=O) groups excluding carboxylic acids is 1. The summed E-state index contributed by atoms with van der Waals surface area (Å²) < 4.78 is 10.8. The molecule has 0 aromatic carbocycles. The summed E-state index contributed by atoms with van der Waals surface area (Å²) >= 11 is 0. The van der Waals surface area contributed by atoms with Crippen LogP contribution in [0.5, 0.6) is 0 Å². The van der Waals surface area contributed by atoms with Gasteiger partial charge >= 0.3 is 6.03 Å². The first-order valence-corrected chi connectivity index (χ1v) is 17.8. The molecule has 0 spiro atoms. The number of urea groups is 1. The Morgan fingerprint density at radius 1 is 0.979 bits per heavy atom. The van der Waals surface area contributed by atoms with E-state index in [2.05, 4.69) is 109 Å². The summed E-state index contributed by atoms with van der Waals surface area (Å²) in [6.45, 7) is 44.2. The van der Waals surface area contributed by atoms with Gasteiger partial charge in [-0.05, 0) is 72.8 Å². The molecule has 1 saturated carbocycles. The Bertz CT molecular complexity index is 1080. The van der Waals surface area contributed by atoms with Crippen LogP contribution in [-0.2, 0) is 9.47 Å². The second-order valence-electron chi connectivity index (χ2n) is 15.4. The Labute approximate surface area is 288 Å². The van der Waals surface area contributed by atoms with Gasteiger partial charge in [0, 0.05) is 23.6 Å². The van der Waals surface area contributed by atoms with Crippen LogP contribution < -0.4 is 21.7 Å². The maximum Gasteiger partial charge on any atom is 0.315 e. The third-order valence-electron chi connectivity index (χ3n) is 10.1. The predicted octanol–water partition coefficient (Wildman–Crippen LogP) is 8.22. The average Bonchev–Trinajstić information content (AvgIpc) is 3.43. The lowest BCUT2D eigenvalue weighted by atomic mass is 9.75. The van der Waals surface area contributed by atoms with Crippen molar-refractivity contribution in [3.8, 4) is 0 Å². The zero-order chi connectivity index (χ0) is 36.3. The van der Waals surface area contributed by atoms with E-state index in [0.29, 0.717) is 30.1 Å². The van der Waals surface area contributed by atoms with Crippen LogP contribution in [0.4, 0.5) is 4.79 Å². The van der Waals surface area contributed by atoms with Gasteiger partial charge in [-0.3, -0.25) is 0 Å². The molecule has 270 valence electrons. The van der Waals surface area contributed by atoms with Crippen molar-refractivity contribution in [2.45, 2.75) is 132 Å². The zero-order valence-electron chi connectivity index (χ0n) is 32.0. The fraction of sp³-hybridized carbons (Fsp3) is 0.718. The SMILES string of the molecule is C=C(OC)OCC(NC(=O)NC(C(=C)N1CC[C@H](C(C)(C)C)C1C(=C)NC(CC(C)C)C(=C)C(=C)N)C(C)(C)CC)C1CCC1.CC. The first-order valence-electron chi connectivity index (χ1n) is 17.8. The Morgan fingerprint density at radius 2 is 1.57 bits per heavy atom. The minimum atomic E-state index is -0.307. The number of hydrogen-bond acceptors (Lipinski definition) is 6. The van der Waals surface area contributed by atoms with Crippen molar-refractivity contribution in [1.29, 1.82) is 0 Å². The number of nitrogens with two attached hydrogens (primary N) is 1. The molecule has 2 fully saturated rings. The second kappa shape index (κ2) is 18.5. The van der Waals surface area contributed by atoms with E-state index in [9.17, 15) is 4.79 Å². The van der Waals surface area contributed by atoms with E-state index in [-0.39, 0.29) is 47.0 Å². The number of carbonyl (C=O) groups is 1. The molecule has 1 aliphatic carbocycles. The fourth-order valence-electron chi connectivity index (χ4n) is 6.57. The van der Waals surface area contributed by atoms with E-state index in [1.165, 1.54) is 7.11 Å². The highest BCUT2D eigenvalue weighted by Crippen LogP contribution is 2.44. The summed E-state index contributed by atoms with van der Waals surface area (Å²) in [7, 11) is 1.53. The number of amides is 2. The molecule has 5 atom stereocenters. The molecule has 1 saturated heterocycles. The molecule has 0 radical (unpaired) electrons. The minimum absolute atomic E-state index is 0.0229. The van der Waals surface area contributed by atoms with Gasteiger partial charge in [-0.15, -0.1) is 0 Å². The highest BCUT2D eigenvalue weighted by molar-refractivity contribution is 5.75. The van der Waals surface area contributed by atoms with Crippen LogP contribution >= 0.6 is 0 Å². The lowest BCUT2D eigenvalue weighted by Gasteiger charge is -2.44. The van der Waals surface area contributed by atoms with Gasteiger partial charge in [-0.1, -0.05) is 102 Å². The standard InChI is InChI=1S/C37H65N5O3.C2H6/c1-15-37(12,13)34(41-35(43)40-32(29-17-16-18-29)22-45-28(8)44-14)27(7)42-20-19-30(36(9,10)11)33(42)26(6)39-31(21-23(2)3)24(4)25(5)38;1-2/h23,29-34,39H,4-8,15-22,38H2,1-3,9-14H3,(H2,40,41,43);1-2H3/t30-,31?,32?,33?,34?;/m0./s1. The summed E-state index contributed by atoms with van der Waals surface area (Å²) in [5.41, 5.74) is 8.97. The monoisotopic (exact) mass is 658 g/mol. The van der Waals surface area contributed by atoms with Crippen LogP contribution in [0.15, 0.2) is 61.5 Å². The van der Waals surface area contributed by atoms with Gasteiger partial charge in [0.1, 0.15) is 6.61 Å². The molecule has 2 rings (SSSR count). The molecule has 47 heavy (non-hydrogen) atoms. The summed E-state index contributed by atoms with van der Waals surface area (Å²) in [6.07, 6.45) is 5.98. The molecule has 4 unspecified atom stereocenters. The molecule has 1 heterocycles. The molecule has 0 aromatic rings. The minimum Gasteiger partial charge on any atom is -0.469 e. The largest absolute Gasteiger partial charge is 0.469 e. The summed E-state index contributed by atoms with van der Waals surface area (Å²) in [5.74, 6) is 1.36. The van der Waals surface area contributed by atoms with Crippen LogP contribution in [0.3, 0.4) is 0 Å². The molecule has 0 bridgehead atoms. The molecule has 2 amide bonds. The van der Waals surface area contributed by atoms with Crippen molar-refractivity contribution in [3.63, 3.8) is 0 Å². The number of methoxy groups -OCH3 is 1. The van der Waals surface area contributed by atoms with E-state index < -0.39 is 0 Å². The van der Waals surface area contributed by atoms with Gasteiger partial charge in [-0.25, -0.2) is 4.79 Å². The highest BCUT2D eigenvalue weighted by Gasteiger charge is 2.46. The third kappa shape index (κ3) is 11.9. The fourth-order valence-corrected chi connectivity index (χ4v) is 6.57. The van der Waals surface area contributed by atoms with E-state index in [4.69, 9.17) is 15.2 Å². The van der Waals surface area contributed by atoms with E-state index in [1.807, 2.05) is 13.8 Å². The van der Waals surface area contributed by atoms with Gasteiger partial charge in [0.15, 0.2) is 0 Å². The molecule has 5 N–H and O–H groups in total. The van der Waals surface area contributed by atoms with Crippen LogP contribution in [0.2, 0.25) is 0 Å². The first kappa shape index (κ1) is 42.0. The highest BCUT2D eigenvalue weighted by atomic mass is 16.7. The molecular formula is C39H71N5O3. The van der Waals surface area contributed by atoms with Crippen molar-refractivity contribution in [1.82, 2.24) is 20.9 Å². The quantitative estimate of drug-likeness (QED) is 0.0876. The van der Waals surface area contributed by atoms with Gasteiger partial charge in [0.2, 0.25) is 0 Å². The maximum absolute atomic E-state index is 13.7. The van der Waals surface area contributed by atoms with E-state index >= 15 is 0 Å². The van der Waals surface area contributed by atoms with Crippen LogP contribution in [0.1, 0.15) is 108 Å². The smallest absolute Gasteiger partial charge is 0.315 e.